The predicted octanol–water partition coefficient (Wildman–Crippen LogP) is 1.41. The topological polar surface area (TPSA) is 71.1 Å². The normalized spacial score (nSPS) is 12.1. The largest absolute Gasteiger partial charge is 0.409 e. The van der Waals surface area contributed by atoms with E-state index in [0.29, 0.717) is 38.2 Å². The van der Waals surface area contributed by atoms with Gasteiger partial charge in [-0.15, -0.1) is 0 Å². The predicted molar refractivity (Wildman–Crippen MR) is 71.6 cm³/mol. The Hall–Kier alpha value is -1.66. The van der Waals surface area contributed by atoms with Crippen LogP contribution in [0.3, 0.4) is 0 Å². The van der Waals surface area contributed by atoms with Crippen molar-refractivity contribution in [2.75, 3.05) is 26.8 Å². The molecule has 0 radical (unpaired) electrons. The van der Waals surface area contributed by atoms with E-state index in [9.17, 15) is 4.39 Å². The van der Waals surface area contributed by atoms with Gasteiger partial charge in [0.15, 0.2) is 0 Å². The summed E-state index contributed by atoms with van der Waals surface area (Å²) in [7, 11) is 1.62. The molecule has 1 aromatic carbocycles. The molecule has 0 unspecified atom stereocenters. The number of halogens is 1. The Morgan fingerprint density at radius 2 is 2.16 bits per heavy atom. The van der Waals surface area contributed by atoms with Crippen molar-refractivity contribution in [1.82, 2.24) is 4.90 Å². The van der Waals surface area contributed by atoms with Gasteiger partial charge in [-0.25, -0.2) is 4.39 Å². The Kier molecular flexibility index (Phi) is 6.84. The van der Waals surface area contributed by atoms with Crippen molar-refractivity contribution in [2.45, 2.75) is 13.0 Å². The van der Waals surface area contributed by atoms with Gasteiger partial charge in [0, 0.05) is 38.7 Å². The first-order valence-corrected chi connectivity index (χ1v) is 6.08. The van der Waals surface area contributed by atoms with E-state index in [1.165, 1.54) is 6.07 Å². The van der Waals surface area contributed by atoms with E-state index in [4.69, 9.17) is 15.7 Å². The first-order valence-electron chi connectivity index (χ1n) is 6.08. The van der Waals surface area contributed by atoms with Gasteiger partial charge >= 0.3 is 0 Å². The molecule has 0 saturated heterocycles. The number of amidine groups is 1. The summed E-state index contributed by atoms with van der Waals surface area (Å²) in [6.07, 6.45) is 0.425. The summed E-state index contributed by atoms with van der Waals surface area (Å²) >= 11 is 0. The smallest absolute Gasteiger partial charge is 0.140 e. The van der Waals surface area contributed by atoms with Crippen LogP contribution in [0.15, 0.2) is 29.4 Å². The van der Waals surface area contributed by atoms with Crippen molar-refractivity contribution >= 4 is 5.84 Å². The van der Waals surface area contributed by atoms with Crippen LogP contribution in [0, 0.1) is 5.82 Å². The molecule has 0 aliphatic heterocycles. The highest BCUT2D eigenvalue weighted by atomic mass is 19.1. The molecule has 1 rings (SSSR count). The van der Waals surface area contributed by atoms with Crippen LogP contribution in [-0.4, -0.2) is 42.7 Å². The average molecular weight is 269 g/mol. The fourth-order valence-electron chi connectivity index (χ4n) is 1.68. The molecule has 0 aliphatic rings. The van der Waals surface area contributed by atoms with Gasteiger partial charge in [0.2, 0.25) is 0 Å². The standard InChI is InChI=1S/C13H20FN3O2/c1-19-9-8-17(7-6-13(15)16-18)10-11-4-2-3-5-12(11)14/h2-5,18H,6-10H2,1H3,(H2,15,16). The summed E-state index contributed by atoms with van der Waals surface area (Å²) in [6, 6.07) is 6.65. The minimum Gasteiger partial charge on any atom is -0.409 e. The van der Waals surface area contributed by atoms with Gasteiger partial charge in [-0.05, 0) is 6.07 Å². The van der Waals surface area contributed by atoms with Crippen molar-refractivity contribution in [3.63, 3.8) is 0 Å². The fourth-order valence-corrected chi connectivity index (χ4v) is 1.68. The zero-order chi connectivity index (χ0) is 14.1. The SMILES string of the molecule is COCCN(CCC(N)=NO)Cc1ccccc1F. The number of hydrogen-bond donors (Lipinski definition) is 2. The van der Waals surface area contributed by atoms with Gasteiger partial charge in [0.1, 0.15) is 11.7 Å². The third kappa shape index (κ3) is 5.67. The lowest BCUT2D eigenvalue weighted by Crippen LogP contribution is -2.31. The summed E-state index contributed by atoms with van der Waals surface area (Å²) in [5.74, 6) is -0.0651. The minimum absolute atomic E-state index is 0.163. The van der Waals surface area contributed by atoms with Gasteiger partial charge in [-0.2, -0.15) is 0 Å². The van der Waals surface area contributed by atoms with Crippen LogP contribution in [0.4, 0.5) is 4.39 Å². The van der Waals surface area contributed by atoms with Gasteiger partial charge in [0.25, 0.3) is 0 Å². The lowest BCUT2D eigenvalue weighted by atomic mass is 10.2. The summed E-state index contributed by atoms with van der Waals surface area (Å²) < 4.78 is 18.6. The average Bonchev–Trinajstić information content (AvgIpc) is 2.43. The van der Waals surface area contributed by atoms with Crippen LogP contribution in [-0.2, 0) is 11.3 Å². The van der Waals surface area contributed by atoms with Gasteiger partial charge < -0.3 is 15.7 Å². The second-order valence-electron chi connectivity index (χ2n) is 4.20. The van der Waals surface area contributed by atoms with E-state index in [1.54, 1.807) is 25.3 Å². The van der Waals surface area contributed by atoms with Crippen LogP contribution >= 0.6 is 0 Å². The second kappa shape index (κ2) is 8.44. The van der Waals surface area contributed by atoms with E-state index >= 15 is 0 Å². The Morgan fingerprint density at radius 3 is 2.79 bits per heavy atom. The molecule has 0 heterocycles. The number of hydrogen-bond acceptors (Lipinski definition) is 4. The molecular weight excluding hydrogens is 249 g/mol. The number of ether oxygens (including phenoxy) is 1. The highest BCUT2D eigenvalue weighted by Gasteiger charge is 2.09. The van der Waals surface area contributed by atoms with Crippen molar-refractivity contribution < 1.29 is 14.3 Å². The van der Waals surface area contributed by atoms with Crippen LogP contribution in [0.25, 0.3) is 0 Å². The Bertz CT molecular complexity index is 413. The minimum atomic E-state index is -0.228. The first-order chi connectivity index (χ1) is 9.17. The molecule has 6 heteroatoms. The molecule has 106 valence electrons. The van der Waals surface area contributed by atoms with Crippen molar-refractivity contribution in [2.24, 2.45) is 10.9 Å². The van der Waals surface area contributed by atoms with E-state index in [1.807, 2.05) is 4.90 Å². The Morgan fingerprint density at radius 1 is 1.42 bits per heavy atom. The highest BCUT2D eigenvalue weighted by Crippen LogP contribution is 2.10. The van der Waals surface area contributed by atoms with Gasteiger partial charge in [0.05, 0.1) is 6.61 Å². The van der Waals surface area contributed by atoms with Crippen molar-refractivity contribution in [3.05, 3.63) is 35.6 Å². The molecular formula is C13H20FN3O2. The Balaban J connectivity index is 2.61. The van der Waals surface area contributed by atoms with E-state index in [0.717, 1.165) is 0 Å². The van der Waals surface area contributed by atoms with E-state index in [2.05, 4.69) is 5.16 Å². The molecule has 19 heavy (non-hydrogen) atoms. The molecule has 0 fully saturated rings. The van der Waals surface area contributed by atoms with Crippen LogP contribution in [0.1, 0.15) is 12.0 Å². The number of nitrogens with two attached hydrogens (primary N) is 1. The second-order valence-corrected chi connectivity index (χ2v) is 4.20. The van der Waals surface area contributed by atoms with Crippen molar-refractivity contribution in [3.8, 4) is 0 Å². The van der Waals surface area contributed by atoms with Crippen LogP contribution in [0.2, 0.25) is 0 Å². The summed E-state index contributed by atoms with van der Waals surface area (Å²) in [5, 5.41) is 11.4. The molecule has 0 aliphatic carbocycles. The third-order valence-corrected chi connectivity index (χ3v) is 2.78. The molecule has 0 amide bonds. The summed E-state index contributed by atoms with van der Waals surface area (Å²) in [4.78, 5) is 2.00. The molecule has 0 spiro atoms. The number of oxime groups is 1. The number of benzene rings is 1. The lowest BCUT2D eigenvalue weighted by molar-refractivity contribution is 0.145. The molecule has 0 aromatic heterocycles. The molecule has 3 N–H and O–H groups in total. The lowest BCUT2D eigenvalue weighted by Gasteiger charge is -2.22. The zero-order valence-corrected chi connectivity index (χ0v) is 11.1. The molecule has 0 bridgehead atoms. The van der Waals surface area contributed by atoms with E-state index in [-0.39, 0.29) is 11.7 Å². The maximum atomic E-state index is 13.6. The highest BCUT2D eigenvalue weighted by molar-refractivity contribution is 5.79. The molecule has 5 nitrogen and oxygen atoms in total. The quantitative estimate of drug-likeness (QED) is 0.324. The molecule has 0 atom stereocenters. The number of nitrogens with zero attached hydrogens (tertiary/aromatic N) is 2. The summed E-state index contributed by atoms with van der Waals surface area (Å²) in [6.45, 7) is 2.25. The molecule has 1 aromatic rings. The fraction of sp³-hybridized carbons (Fsp3) is 0.462. The maximum Gasteiger partial charge on any atom is 0.140 e. The third-order valence-electron chi connectivity index (χ3n) is 2.78. The van der Waals surface area contributed by atoms with Crippen LogP contribution in [0.5, 0.6) is 0 Å². The number of methoxy groups -OCH3 is 1. The van der Waals surface area contributed by atoms with Crippen molar-refractivity contribution in [1.29, 1.82) is 0 Å². The van der Waals surface area contributed by atoms with E-state index < -0.39 is 0 Å². The first kappa shape index (κ1) is 15.4. The maximum absolute atomic E-state index is 13.6. The summed E-state index contributed by atoms with van der Waals surface area (Å²) in [5.41, 5.74) is 6.06. The van der Waals surface area contributed by atoms with Gasteiger partial charge in [-0.3, -0.25) is 4.90 Å². The van der Waals surface area contributed by atoms with Crippen LogP contribution < -0.4 is 5.73 Å². The molecule has 0 saturated carbocycles. The zero-order valence-electron chi connectivity index (χ0n) is 11.1. The monoisotopic (exact) mass is 269 g/mol. The number of rotatable bonds is 8. The Labute approximate surface area is 112 Å². The van der Waals surface area contributed by atoms with Gasteiger partial charge in [-0.1, -0.05) is 23.4 Å².